The summed E-state index contributed by atoms with van der Waals surface area (Å²) < 4.78 is 0.625. The second kappa shape index (κ2) is 4.23. The molecule has 0 amide bonds. The van der Waals surface area contributed by atoms with Crippen LogP contribution in [0.4, 0.5) is 0 Å². The first-order valence-electron chi connectivity index (χ1n) is 4.69. The topological polar surface area (TPSA) is 57.5 Å². The van der Waals surface area contributed by atoms with Crippen LogP contribution in [0.5, 0.6) is 0 Å². The molecule has 0 aliphatic heterocycles. The molecule has 2 rings (SSSR count). The van der Waals surface area contributed by atoms with Gasteiger partial charge in [0.25, 0.3) is 0 Å². The van der Waals surface area contributed by atoms with Gasteiger partial charge in [0.2, 0.25) is 0 Å². The number of aliphatic hydroxyl groups is 1. The van der Waals surface area contributed by atoms with Gasteiger partial charge in [-0.3, -0.25) is 0 Å². The average molecular weight is 281 g/mol. The largest absolute Gasteiger partial charge is 0.479 e. The number of carboxylic acids is 1. The van der Waals surface area contributed by atoms with Gasteiger partial charge in [-0.2, -0.15) is 0 Å². The van der Waals surface area contributed by atoms with Crippen LogP contribution >= 0.6 is 15.9 Å². The summed E-state index contributed by atoms with van der Waals surface area (Å²) in [6.07, 6.45) is -1.50. The van der Waals surface area contributed by atoms with Crippen molar-refractivity contribution in [3.63, 3.8) is 0 Å². The lowest BCUT2D eigenvalue weighted by atomic mass is 10.0. The SMILES string of the molecule is O=C(O)C(O)c1ccc2ccccc2c1Br. The van der Waals surface area contributed by atoms with E-state index in [9.17, 15) is 9.90 Å². The fourth-order valence-electron chi connectivity index (χ4n) is 1.59. The van der Waals surface area contributed by atoms with Crippen LogP contribution in [-0.4, -0.2) is 16.2 Å². The number of aliphatic carboxylic acids is 1. The first-order chi connectivity index (χ1) is 7.61. The third-order valence-corrected chi connectivity index (χ3v) is 3.31. The molecule has 0 aromatic heterocycles. The monoisotopic (exact) mass is 280 g/mol. The molecule has 0 heterocycles. The Morgan fingerprint density at radius 1 is 1.19 bits per heavy atom. The van der Waals surface area contributed by atoms with Crippen LogP contribution in [0.1, 0.15) is 11.7 Å². The zero-order valence-electron chi connectivity index (χ0n) is 8.22. The zero-order chi connectivity index (χ0) is 11.7. The Morgan fingerprint density at radius 2 is 1.88 bits per heavy atom. The van der Waals surface area contributed by atoms with Crippen LogP contribution in [0.3, 0.4) is 0 Å². The Labute approximate surface area is 100 Å². The first-order valence-corrected chi connectivity index (χ1v) is 5.48. The maximum absolute atomic E-state index is 10.7. The molecule has 2 aromatic rings. The van der Waals surface area contributed by atoms with Gasteiger partial charge in [-0.05, 0) is 26.7 Å². The quantitative estimate of drug-likeness (QED) is 0.889. The van der Waals surface area contributed by atoms with Crippen molar-refractivity contribution < 1.29 is 15.0 Å². The normalized spacial score (nSPS) is 12.6. The van der Waals surface area contributed by atoms with E-state index in [0.29, 0.717) is 10.0 Å². The molecular formula is C12H9BrO3. The molecule has 4 heteroatoms. The third-order valence-electron chi connectivity index (χ3n) is 2.42. The third kappa shape index (κ3) is 1.81. The average Bonchev–Trinajstić information content (AvgIpc) is 2.29. The van der Waals surface area contributed by atoms with E-state index in [2.05, 4.69) is 15.9 Å². The van der Waals surface area contributed by atoms with Gasteiger partial charge in [0.15, 0.2) is 6.10 Å². The summed E-state index contributed by atoms with van der Waals surface area (Å²) in [5.74, 6) is -1.25. The second-order valence-electron chi connectivity index (χ2n) is 3.43. The first kappa shape index (κ1) is 11.1. The van der Waals surface area contributed by atoms with Crippen LogP contribution < -0.4 is 0 Å². The highest BCUT2D eigenvalue weighted by Gasteiger charge is 2.19. The van der Waals surface area contributed by atoms with Crippen molar-refractivity contribution in [2.45, 2.75) is 6.10 Å². The number of halogens is 1. The molecule has 0 radical (unpaired) electrons. The highest BCUT2D eigenvalue weighted by Crippen LogP contribution is 2.31. The summed E-state index contributed by atoms with van der Waals surface area (Å²) >= 11 is 3.33. The van der Waals surface area contributed by atoms with E-state index in [1.54, 1.807) is 12.1 Å². The maximum atomic E-state index is 10.7. The molecule has 0 aliphatic carbocycles. The number of carboxylic acid groups (broad SMARTS) is 1. The zero-order valence-corrected chi connectivity index (χ0v) is 9.81. The van der Waals surface area contributed by atoms with Gasteiger partial charge in [0.1, 0.15) is 0 Å². The van der Waals surface area contributed by atoms with Crippen molar-refractivity contribution in [2.75, 3.05) is 0 Å². The summed E-state index contributed by atoms with van der Waals surface area (Å²) in [5.41, 5.74) is 0.367. The van der Waals surface area contributed by atoms with Crippen molar-refractivity contribution in [3.05, 3.63) is 46.4 Å². The van der Waals surface area contributed by atoms with Crippen molar-refractivity contribution in [3.8, 4) is 0 Å². The molecule has 3 nitrogen and oxygen atoms in total. The van der Waals surface area contributed by atoms with Crippen LogP contribution in [0.2, 0.25) is 0 Å². The Balaban J connectivity index is 2.65. The lowest BCUT2D eigenvalue weighted by Gasteiger charge is -2.10. The summed E-state index contributed by atoms with van der Waals surface area (Å²) in [7, 11) is 0. The summed E-state index contributed by atoms with van der Waals surface area (Å²) in [5, 5.41) is 20.2. The molecule has 0 saturated heterocycles. The second-order valence-corrected chi connectivity index (χ2v) is 4.22. The molecule has 2 aromatic carbocycles. The lowest BCUT2D eigenvalue weighted by Crippen LogP contribution is -2.11. The Morgan fingerprint density at radius 3 is 2.56 bits per heavy atom. The Kier molecular flexibility index (Phi) is 2.94. The van der Waals surface area contributed by atoms with Crippen molar-refractivity contribution >= 4 is 32.7 Å². The standard InChI is InChI=1S/C12H9BrO3/c13-10-8-4-2-1-3-7(8)5-6-9(10)11(14)12(15)16/h1-6,11,14H,(H,15,16). The number of hydrogen-bond acceptors (Lipinski definition) is 2. The fourth-order valence-corrected chi connectivity index (χ4v) is 2.30. The van der Waals surface area contributed by atoms with E-state index in [1.165, 1.54) is 0 Å². The number of hydrogen-bond donors (Lipinski definition) is 2. The maximum Gasteiger partial charge on any atom is 0.337 e. The number of fused-ring (bicyclic) bond motifs is 1. The van der Waals surface area contributed by atoms with Gasteiger partial charge in [-0.15, -0.1) is 0 Å². The molecule has 0 spiro atoms. The van der Waals surface area contributed by atoms with Crippen LogP contribution in [-0.2, 0) is 4.79 Å². The van der Waals surface area contributed by atoms with Crippen LogP contribution in [0, 0.1) is 0 Å². The van der Waals surface area contributed by atoms with E-state index in [1.807, 2.05) is 24.3 Å². The number of carbonyl (C=O) groups is 1. The number of rotatable bonds is 2. The van der Waals surface area contributed by atoms with Gasteiger partial charge < -0.3 is 10.2 Å². The molecule has 2 N–H and O–H groups in total. The molecule has 1 atom stereocenters. The van der Waals surface area contributed by atoms with Gasteiger partial charge in [0.05, 0.1) is 0 Å². The summed E-state index contributed by atoms with van der Waals surface area (Å²) in [6, 6.07) is 11.0. The summed E-state index contributed by atoms with van der Waals surface area (Å²) in [6.45, 7) is 0. The van der Waals surface area contributed by atoms with E-state index >= 15 is 0 Å². The van der Waals surface area contributed by atoms with Crippen molar-refractivity contribution in [1.82, 2.24) is 0 Å². The molecular weight excluding hydrogens is 272 g/mol. The molecule has 1 unspecified atom stereocenters. The van der Waals surface area contributed by atoms with Crippen LogP contribution in [0.15, 0.2) is 40.9 Å². The van der Waals surface area contributed by atoms with Crippen molar-refractivity contribution in [1.29, 1.82) is 0 Å². The van der Waals surface area contributed by atoms with Gasteiger partial charge in [0, 0.05) is 10.0 Å². The summed E-state index contributed by atoms with van der Waals surface area (Å²) in [4.78, 5) is 10.7. The number of benzene rings is 2. The molecule has 16 heavy (non-hydrogen) atoms. The predicted molar refractivity (Wildman–Crippen MR) is 64.2 cm³/mol. The smallest absolute Gasteiger partial charge is 0.337 e. The minimum absolute atomic E-state index is 0.367. The lowest BCUT2D eigenvalue weighted by molar-refractivity contribution is -0.147. The molecule has 0 bridgehead atoms. The van der Waals surface area contributed by atoms with Crippen LogP contribution in [0.25, 0.3) is 10.8 Å². The van der Waals surface area contributed by atoms with Gasteiger partial charge in [-0.1, -0.05) is 36.4 Å². The van der Waals surface area contributed by atoms with E-state index in [4.69, 9.17) is 5.11 Å². The highest BCUT2D eigenvalue weighted by atomic mass is 79.9. The Hall–Kier alpha value is -1.39. The highest BCUT2D eigenvalue weighted by molar-refractivity contribution is 9.10. The molecule has 82 valence electrons. The minimum atomic E-state index is -1.50. The van der Waals surface area contributed by atoms with Gasteiger partial charge >= 0.3 is 5.97 Å². The van der Waals surface area contributed by atoms with Crippen molar-refractivity contribution in [2.24, 2.45) is 0 Å². The van der Waals surface area contributed by atoms with E-state index in [-0.39, 0.29) is 0 Å². The molecule has 0 fully saturated rings. The fraction of sp³-hybridized carbons (Fsp3) is 0.0833. The van der Waals surface area contributed by atoms with Gasteiger partial charge in [-0.25, -0.2) is 4.79 Å². The number of aliphatic hydroxyl groups excluding tert-OH is 1. The van der Waals surface area contributed by atoms with E-state index < -0.39 is 12.1 Å². The minimum Gasteiger partial charge on any atom is -0.479 e. The van der Waals surface area contributed by atoms with E-state index in [0.717, 1.165) is 10.8 Å². The predicted octanol–water partition coefficient (Wildman–Crippen LogP) is 2.72. The molecule has 0 saturated carbocycles. The Bertz CT molecular complexity index is 551. The molecule has 0 aliphatic rings.